The Kier molecular flexibility index (Phi) is 5.48. The Bertz CT molecular complexity index is 479. The Morgan fingerprint density at radius 2 is 2.05 bits per heavy atom. The minimum Gasteiger partial charge on any atom is -0.520 e. The van der Waals surface area contributed by atoms with Crippen LogP contribution in [-0.4, -0.2) is 14.6 Å². The molecular formula is C13H19Cl3O2Si2. The van der Waals surface area contributed by atoms with Gasteiger partial charge in [0.25, 0.3) is 0 Å². The average molecular weight is 370 g/mol. The normalized spacial score (nSPS) is 22.2. The minimum atomic E-state index is -2.49. The van der Waals surface area contributed by atoms with E-state index in [9.17, 15) is 0 Å². The van der Waals surface area contributed by atoms with Crippen molar-refractivity contribution in [3.63, 3.8) is 0 Å². The van der Waals surface area contributed by atoms with Crippen LogP contribution in [0.3, 0.4) is 0 Å². The van der Waals surface area contributed by atoms with Gasteiger partial charge in [0.05, 0.1) is 6.61 Å². The molecule has 0 aromatic heterocycles. The van der Waals surface area contributed by atoms with E-state index in [0.29, 0.717) is 12.7 Å². The fourth-order valence-corrected chi connectivity index (χ4v) is 5.47. The first kappa shape index (κ1) is 16.7. The topological polar surface area (TPSA) is 18.5 Å². The predicted molar refractivity (Wildman–Crippen MR) is 90.4 cm³/mol. The van der Waals surface area contributed by atoms with Crippen LogP contribution in [0.2, 0.25) is 18.6 Å². The Labute approximate surface area is 136 Å². The van der Waals surface area contributed by atoms with Crippen molar-refractivity contribution >= 4 is 47.8 Å². The summed E-state index contributed by atoms with van der Waals surface area (Å²) in [7, 11) is -1.98. The first-order valence-corrected chi connectivity index (χ1v) is 14.6. The van der Waals surface area contributed by atoms with E-state index in [4.69, 9.17) is 42.1 Å². The van der Waals surface area contributed by atoms with Gasteiger partial charge in [-0.1, -0.05) is 13.0 Å². The van der Waals surface area contributed by atoms with Gasteiger partial charge in [0.2, 0.25) is 0 Å². The Hall–Kier alpha value is 0.284. The fraction of sp³-hybridized carbons (Fsp3) is 0.538. The van der Waals surface area contributed by atoms with Gasteiger partial charge in [-0.25, -0.2) is 0 Å². The SMILES string of the molecule is CC[Si]1(C)OCc2cc(CCC[Si](Cl)(Cl)Cl)ccc2O1. The molecule has 1 unspecified atom stereocenters. The van der Waals surface area contributed by atoms with Crippen LogP contribution >= 0.6 is 33.2 Å². The number of fused-ring (bicyclic) bond motifs is 1. The minimum absolute atomic E-state index is 0.652. The maximum atomic E-state index is 6.04. The highest BCUT2D eigenvalue weighted by atomic mass is 35.8. The van der Waals surface area contributed by atoms with Gasteiger partial charge in [0.15, 0.2) is 0 Å². The monoisotopic (exact) mass is 368 g/mol. The first-order chi connectivity index (χ1) is 9.31. The summed E-state index contributed by atoms with van der Waals surface area (Å²) in [4.78, 5) is 0. The third-order valence-electron chi connectivity index (χ3n) is 3.55. The van der Waals surface area contributed by atoms with E-state index < -0.39 is 14.6 Å². The lowest BCUT2D eigenvalue weighted by Gasteiger charge is -2.32. The fourth-order valence-electron chi connectivity index (χ4n) is 2.16. The second kappa shape index (κ2) is 6.59. The second-order valence-corrected chi connectivity index (χ2v) is 18.0. The number of rotatable bonds is 5. The highest BCUT2D eigenvalue weighted by Gasteiger charge is 2.35. The molecule has 0 saturated carbocycles. The summed E-state index contributed by atoms with van der Waals surface area (Å²) in [5.41, 5.74) is 2.38. The van der Waals surface area contributed by atoms with Gasteiger partial charge in [-0.05, 0) is 49.2 Å². The van der Waals surface area contributed by atoms with Crippen LogP contribution in [0.1, 0.15) is 24.5 Å². The van der Waals surface area contributed by atoms with Crippen molar-refractivity contribution in [3.8, 4) is 5.75 Å². The molecule has 0 spiro atoms. The van der Waals surface area contributed by atoms with E-state index in [1.807, 2.05) is 0 Å². The molecule has 0 amide bonds. The number of benzene rings is 1. The molecule has 0 aliphatic carbocycles. The van der Waals surface area contributed by atoms with E-state index in [-0.39, 0.29) is 0 Å². The van der Waals surface area contributed by atoms with Crippen molar-refractivity contribution in [2.75, 3.05) is 0 Å². The Morgan fingerprint density at radius 1 is 1.30 bits per heavy atom. The zero-order chi connectivity index (χ0) is 14.8. The van der Waals surface area contributed by atoms with Gasteiger partial charge >= 0.3 is 14.6 Å². The molecule has 0 radical (unpaired) electrons. The Balaban J connectivity index is 1.99. The largest absolute Gasteiger partial charge is 0.520 e. The highest BCUT2D eigenvalue weighted by molar-refractivity contribution is 7.64. The molecule has 112 valence electrons. The molecule has 1 aliphatic rings. The standard InChI is InChI=1S/C13H19Cl3O2Si2/c1-3-19(2)17-10-12-9-11(6-7-13(12)18-19)5-4-8-20(14,15)16/h6-7,9H,3-5,8,10H2,1-2H3. The van der Waals surface area contributed by atoms with Crippen LogP contribution in [-0.2, 0) is 17.5 Å². The van der Waals surface area contributed by atoms with E-state index >= 15 is 0 Å². The van der Waals surface area contributed by atoms with Crippen LogP contribution in [0, 0.1) is 0 Å². The number of hydrogen-bond acceptors (Lipinski definition) is 2. The summed E-state index contributed by atoms with van der Waals surface area (Å²) in [6.07, 6.45) is 1.83. The zero-order valence-electron chi connectivity index (χ0n) is 11.7. The van der Waals surface area contributed by atoms with Crippen molar-refractivity contribution in [2.24, 2.45) is 0 Å². The second-order valence-electron chi connectivity index (χ2n) is 5.29. The van der Waals surface area contributed by atoms with Crippen molar-refractivity contribution in [1.29, 1.82) is 0 Å². The molecule has 1 aliphatic heterocycles. The smallest absolute Gasteiger partial charge is 0.395 e. The summed E-state index contributed by atoms with van der Waals surface area (Å²) in [6, 6.07) is 5.48. The van der Waals surface area contributed by atoms with Crippen LogP contribution in [0.25, 0.3) is 0 Å². The molecule has 1 atom stereocenters. The molecular weight excluding hydrogens is 351 g/mol. The van der Waals surface area contributed by atoms with Gasteiger partial charge in [-0.15, -0.1) is 33.2 Å². The van der Waals surface area contributed by atoms with Crippen LogP contribution in [0.15, 0.2) is 18.2 Å². The summed E-state index contributed by atoms with van der Waals surface area (Å²) >= 11 is 17.7. The maximum Gasteiger partial charge on any atom is 0.395 e. The van der Waals surface area contributed by atoms with Gasteiger partial charge in [-0.3, -0.25) is 0 Å². The quantitative estimate of drug-likeness (QED) is 0.519. The van der Waals surface area contributed by atoms with Gasteiger partial charge in [0.1, 0.15) is 5.75 Å². The molecule has 2 nitrogen and oxygen atoms in total. The molecule has 7 heteroatoms. The van der Waals surface area contributed by atoms with E-state index in [0.717, 1.165) is 30.2 Å². The molecule has 0 N–H and O–H groups in total. The molecule has 0 fully saturated rings. The van der Waals surface area contributed by atoms with Crippen molar-refractivity contribution in [2.45, 2.75) is 45.0 Å². The number of hydrogen-bond donors (Lipinski definition) is 0. The van der Waals surface area contributed by atoms with Crippen molar-refractivity contribution in [1.82, 2.24) is 0 Å². The third kappa shape index (κ3) is 4.65. The molecule has 1 aromatic carbocycles. The highest BCUT2D eigenvalue weighted by Crippen LogP contribution is 2.32. The molecule has 20 heavy (non-hydrogen) atoms. The van der Waals surface area contributed by atoms with Gasteiger partial charge in [-0.2, -0.15) is 0 Å². The average Bonchev–Trinajstić information content (AvgIpc) is 2.37. The lowest BCUT2D eigenvalue weighted by Crippen LogP contribution is -2.43. The molecule has 1 aromatic rings. The summed E-state index contributed by atoms with van der Waals surface area (Å²) < 4.78 is 12.0. The summed E-state index contributed by atoms with van der Waals surface area (Å²) in [5.74, 6) is 0.978. The third-order valence-corrected chi connectivity index (χ3v) is 8.86. The van der Waals surface area contributed by atoms with Crippen LogP contribution < -0.4 is 4.43 Å². The van der Waals surface area contributed by atoms with Crippen LogP contribution in [0.5, 0.6) is 5.75 Å². The summed E-state index contributed by atoms with van der Waals surface area (Å²) in [6.45, 7) is 4.88. The summed E-state index contributed by atoms with van der Waals surface area (Å²) in [5, 5.41) is 0. The predicted octanol–water partition coefficient (Wildman–Crippen LogP) is 5.28. The zero-order valence-corrected chi connectivity index (χ0v) is 16.0. The van der Waals surface area contributed by atoms with E-state index in [1.54, 1.807) is 0 Å². The van der Waals surface area contributed by atoms with E-state index in [1.165, 1.54) is 5.56 Å². The van der Waals surface area contributed by atoms with Gasteiger partial charge < -0.3 is 8.85 Å². The molecule has 0 bridgehead atoms. The van der Waals surface area contributed by atoms with Crippen LogP contribution in [0.4, 0.5) is 0 Å². The van der Waals surface area contributed by atoms with Crippen molar-refractivity contribution in [3.05, 3.63) is 29.3 Å². The maximum absolute atomic E-state index is 6.04. The van der Waals surface area contributed by atoms with E-state index in [2.05, 4.69) is 31.7 Å². The number of aryl methyl sites for hydroxylation is 1. The van der Waals surface area contributed by atoms with Gasteiger partial charge in [0, 0.05) is 5.56 Å². The first-order valence-electron chi connectivity index (χ1n) is 6.83. The lowest BCUT2D eigenvalue weighted by molar-refractivity contribution is 0.206. The molecule has 2 rings (SSSR count). The lowest BCUT2D eigenvalue weighted by atomic mass is 10.1. The molecule has 1 heterocycles. The van der Waals surface area contributed by atoms with Crippen molar-refractivity contribution < 1.29 is 8.85 Å². The number of halogens is 3. The Morgan fingerprint density at radius 3 is 2.70 bits per heavy atom. The molecule has 0 saturated heterocycles.